The zero-order chi connectivity index (χ0) is 18.1. The zero-order valence-corrected chi connectivity index (χ0v) is 19.3. The van der Waals surface area contributed by atoms with Gasteiger partial charge in [0, 0.05) is 37.5 Å². The number of rotatable bonds is 8. The normalized spacial score (nSPS) is 12.6. The van der Waals surface area contributed by atoms with E-state index >= 15 is 0 Å². The van der Waals surface area contributed by atoms with Crippen molar-refractivity contribution in [1.82, 2.24) is 15.5 Å². The third kappa shape index (κ3) is 7.63. The molecule has 0 saturated carbocycles. The molecule has 0 aliphatic heterocycles. The van der Waals surface area contributed by atoms with Crippen molar-refractivity contribution < 1.29 is 0 Å². The first-order valence-electron chi connectivity index (χ1n) is 8.86. The van der Waals surface area contributed by atoms with E-state index in [0.717, 1.165) is 32.1 Å². The molecule has 0 saturated heterocycles. The fraction of sp³-hybridized carbons (Fsp3) is 0.450. The minimum atomic E-state index is 0. The molecule has 0 radical (unpaired) electrons. The topological polar surface area (TPSA) is 39.7 Å². The third-order valence-corrected chi connectivity index (χ3v) is 5.38. The van der Waals surface area contributed by atoms with E-state index in [1.165, 1.54) is 16.0 Å². The summed E-state index contributed by atoms with van der Waals surface area (Å²) < 4.78 is 0. The smallest absolute Gasteiger partial charge is 0.191 e. The van der Waals surface area contributed by atoms with Gasteiger partial charge in [0.1, 0.15) is 0 Å². The van der Waals surface area contributed by atoms with Gasteiger partial charge in [-0.3, -0.25) is 4.99 Å². The van der Waals surface area contributed by atoms with Gasteiger partial charge in [0.25, 0.3) is 0 Å². The summed E-state index contributed by atoms with van der Waals surface area (Å²) in [5.74, 6) is 1.32. The number of aliphatic imine (C=N–C) groups is 1. The molecule has 26 heavy (non-hydrogen) atoms. The summed E-state index contributed by atoms with van der Waals surface area (Å²) in [4.78, 5) is 8.03. The SMILES string of the molecule is CCN(C)Cc1cccc(CNC(=NC)NCC(C)c2cccs2)c1.I. The van der Waals surface area contributed by atoms with Crippen LogP contribution in [0.3, 0.4) is 0 Å². The Balaban J connectivity index is 0.00000338. The maximum atomic E-state index is 4.33. The average molecular weight is 486 g/mol. The highest BCUT2D eigenvalue weighted by Crippen LogP contribution is 2.19. The maximum Gasteiger partial charge on any atom is 0.191 e. The van der Waals surface area contributed by atoms with Crippen molar-refractivity contribution in [3.05, 3.63) is 57.8 Å². The summed E-state index contributed by atoms with van der Waals surface area (Å²) in [6.07, 6.45) is 0. The number of hydrogen-bond donors (Lipinski definition) is 2. The first kappa shape index (κ1) is 22.9. The number of benzene rings is 1. The predicted molar refractivity (Wildman–Crippen MR) is 125 cm³/mol. The van der Waals surface area contributed by atoms with Crippen molar-refractivity contribution in [3.8, 4) is 0 Å². The van der Waals surface area contributed by atoms with E-state index in [-0.39, 0.29) is 24.0 Å². The van der Waals surface area contributed by atoms with Crippen molar-refractivity contribution in [1.29, 1.82) is 0 Å². The monoisotopic (exact) mass is 486 g/mol. The van der Waals surface area contributed by atoms with E-state index in [9.17, 15) is 0 Å². The molecular formula is C20H31IN4S. The predicted octanol–water partition coefficient (Wildman–Crippen LogP) is 4.29. The Hall–Kier alpha value is -1.12. The Morgan fingerprint density at radius 1 is 1.19 bits per heavy atom. The molecule has 2 N–H and O–H groups in total. The van der Waals surface area contributed by atoms with E-state index < -0.39 is 0 Å². The fourth-order valence-electron chi connectivity index (χ4n) is 2.59. The molecule has 1 aromatic carbocycles. The molecule has 4 nitrogen and oxygen atoms in total. The Kier molecular flexibility index (Phi) is 10.8. The van der Waals surface area contributed by atoms with Crippen molar-refractivity contribution in [2.75, 3.05) is 27.2 Å². The first-order valence-corrected chi connectivity index (χ1v) is 9.74. The zero-order valence-electron chi connectivity index (χ0n) is 16.2. The van der Waals surface area contributed by atoms with Crippen molar-refractivity contribution in [2.45, 2.75) is 32.9 Å². The van der Waals surface area contributed by atoms with E-state index in [1.807, 2.05) is 7.05 Å². The lowest BCUT2D eigenvalue weighted by atomic mass is 10.1. The molecule has 144 valence electrons. The molecule has 0 aliphatic rings. The summed E-state index contributed by atoms with van der Waals surface area (Å²) in [5, 5.41) is 8.96. The molecule has 0 fully saturated rings. The lowest BCUT2D eigenvalue weighted by Crippen LogP contribution is -2.38. The van der Waals surface area contributed by atoms with Gasteiger partial charge >= 0.3 is 0 Å². The third-order valence-electron chi connectivity index (χ3n) is 4.27. The van der Waals surface area contributed by atoms with Crippen LogP contribution in [-0.2, 0) is 13.1 Å². The number of hydrogen-bond acceptors (Lipinski definition) is 3. The van der Waals surface area contributed by atoms with Crippen LogP contribution in [0.1, 0.15) is 35.8 Å². The molecule has 2 rings (SSSR count). The van der Waals surface area contributed by atoms with Gasteiger partial charge in [-0.15, -0.1) is 35.3 Å². The highest BCUT2D eigenvalue weighted by atomic mass is 127. The molecule has 0 aliphatic carbocycles. The van der Waals surface area contributed by atoms with Crippen molar-refractivity contribution in [3.63, 3.8) is 0 Å². The van der Waals surface area contributed by atoms with Crippen LogP contribution in [-0.4, -0.2) is 38.0 Å². The van der Waals surface area contributed by atoms with Gasteiger partial charge in [0.2, 0.25) is 0 Å². The molecule has 1 atom stereocenters. The maximum absolute atomic E-state index is 4.33. The Morgan fingerprint density at radius 2 is 1.96 bits per heavy atom. The van der Waals surface area contributed by atoms with E-state index in [2.05, 4.69) is 83.2 Å². The largest absolute Gasteiger partial charge is 0.356 e. The Labute approximate surface area is 179 Å². The second kappa shape index (κ2) is 12.3. The molecule has 1 aromatic heterocycles. The van der Waals surface area contributed by atoms with Gasteiger partial charge in [-0.25, -0.2) is 0 Å². The molecule has 0 amide bonds. The first-order chi connectivity index (χ1) is 12.1. The summed E-state index contributed by atoms with van der Waals surface area (Å²) in [7, 11) is 3.96. The molecular weight excluding hydrogens is 455 g/mol. The Morgan fingerprint density at radius 3 is 2.62 bits per heavy atom. The van der Waals surface area contributed by atoms with E-state index in [0.29, 0.717) is 5.92 Å². The quantitative estimate of drug-likeness (QED) is 0.332. The highest BCUT2D eigenvalue weighted by Gasteiger charge is 2.07. The lowest BCUT2D eigenvalue weighted by molar-refractivity contribution is 0.345. The summed E-state index contributed by atoms with van der Waals surface area (Å²) in [5.41, 5.74) is 2.62. The molecule has 0 bridgehead atoms. The second-order valence-corrected chi connectivity index (χ2v) is 7.35. The van der Waals surface area contributed by atoms with Crippen molar-refractivity contribution >= 4 is 41.3 Å². The van der Waals surface area contributed by atoms with Gasteiger partial charge in [0.05, 0.1) is 0 Å². The molecule has 6 heteroatoms. The molecule has 2 aromatic rings. The summed E-state index contributed by atoms with van der Waals surface area (Å²) in [6.45, 7) is 8.10. The number of thiophene rings is 1. The molecule has 0 spiro atoms. The van der Waals surface area contributed by atoms with Crippen LogP contribution in [0.4, 0.5) is 0 Å². The second-order valence-electron chi connectivity index (χ2n) is 6.37. The van der Waals surface area contributed by atoms with Crippen LogP contribution in [0, 0.1) is 0 Å². The van der Waals surface area contributed by atoms with Crippen LogP contribution in [0.15, 0.2) is 46.8 Å². The van der Waals surface area contributed by atoms with E-state index in [4.69, 9.17) is 0 Å². The Bertz CT molecular complexity index is 658. The number of guanidine groups is 1. The van der Waals surface area contributed by atoms with Crippen molar-refractivity contribution in [2.24, 2.45) is 4.99 Å². The van der Waals surface area contributed by atoms with Crippen LogP contribution in [0.25, 0.3) is 0 Å². The fourth-order valence-corrected chi connectivity index (χ4v) is 3.38. The number of halogens is 1. The summed E-state index contributed by atoms with van der Waals surface area (Å²) >= 11 is 1.80. The van der Waals surface area contributed by atoms with Gasteiger partial charge < -0.3 is 15.5 Å². The molecule has 1 unspecified atom stereocenters. The van der Waals surface area contributed by atoms with Gasteiger partial charge in [-0.1, -0.05) is 44.2 Å². The minimum absolute atomic E-state index is 0. The molecule has 1 heterocycles. The van der Waals surface area contributed by atoms with Gasteiger partial charge in [0.15, 0.2) is 5.96 Å². The van der Waals surface area contributed by atoms with Crippen LogP contribution < -0.4 is 10.6 Å². The number of nitrogens with zero attached hydrogens (tertiary/aromatic N) is 2. The summed E-state index contributed by atoms with van der Waals surface area (Å²) in [6, 6.07) is 13.0. The van der Waals surface area contributed by atoms with Crippen LogP contribution in [0.5, 0.6) is 0 Å². The van der Waals surface area contributed by atoms with Gasteiger partial charge in [-0.05, 0) is 36.2 Å². The minimum Gasteiger partial charge on any atom is -0.356 e. The number of nitrogens with one attached hydrogen (secondary N) is 2. The standard InChI is InChI=1S/C20H30N4S.HI/c1-5-24(4)15-18-9-6-8-17(12-18)14-23-20(21-3)22-13-16(2)19-10-7-11-25-19;/h6-12,16H,5,13-15H2,1-4H3,(H2,21,22,23);1H. The average Bonchev–Trinajstić information content (AvgIpc) is 3.16. The lowest BCUT2D eigenvalue weighted by Gasteiger charge is -2.16. The van der Waals surface area contributed by atoms with Gasteiger partial charge in [-0.2, -0.15) is 0 Å². The van der Waals surface area contributed by atoms with Crippen LogP contribution >= 0.6 is 35.3 Å². The highest BCUT2D eigenvalue weighted by molar-refractivity contribution is 14.0. The van der Waals surface area contributed by atoms with E-state index in [1.54, 1.807) is 11.3 Å². The van der Waals surface area contributed by atoms with Crippen LogP contribution in [0.2, 0.25) is 0 Å².